The van der Waals surface area contributed by atoms with E-state index in [9.17, 15) is 18.4 Å². The maximum atomic E-state index is 13.7. The Kier molecular flexibility index (Phi) is 6.62. The molecule has 0 amide bonds. The molecule has 0 heterocycles. The summed E-state index contributed by atoms with van der Waals surface area (Å²) in [7, 11) is 0. The summed E-state index contributed by atoms with van der Waals surface area (Å²) in [5.41, 5.74) is 0.0415. The van der Waals surface area contributed by atoms with Gasteiger partial charge in [0.15, 0.2) is 5.78 Å². The fourth-order valence-corrected chi connectivity index (χ4v) is 2.23. The molecule has 0 fully saturated rings. The van der Waals surface area contributed by atoms with E-state index < -0.39 is 17.6 Å². The highest BCUT2D eigenvalue weighted by Gasteiger charge is 2.16. The first-order valence-corrected chi connectivity index (χ1v) is 7.86. The van der Waals surface area contributed by atoms with Gasteiger partial charge in [0.2, 0.25) is 0 Å². The number of ether oxygens (including phenoxy) is 2. The minimum Gasteiger partial charge on any atom is -0.488 e. The molecule has 0 saturated carbocycles. The van der Waals surface area contributed by atoms with Gasteiger partial charge in [0.05, 0.1) is 24.2 Å². The third-order valence-corrected chi connectivity index (χ3v) is 3.48. The quantitative estimate of drug-likeness (QED) is 0.533. The van der Waals surface area contributed by atoms with Crippen molar-refractivity contribution in [2.75, 3.05) is 6.61 Å². The van der Waals surface area contributed by atoms with E-state index in [1.165, 1.54) is 12.1 Å². The standard InChI is InChI=1S/C19H18F2O4/c1-2-24-19(23)11-10-17(22)13-6-3-4-9-18(13)25-12-14-15(20)7-5-8-16(14)21/h3-9H,2,10-12H2,1H3. The van der Waals surface area contributed by atoms with E-state index in [1.54, 1.807) is 25.1 Å². The van der Waals surface area contributed by atoms with Crippen LogP contribution in [0.25, 0.3) is 0 Å². The molecule has 0 spiro atoms. The number of esters is 1. The van der Waals surface area contributed by atoms with E-state index in [0.29, 0.717) is 0 Å². The first-order valence-electron chi connectivity index (χ1n) is 7.86. The number of hydrogen-bond acceptors (Lipinski definition) is 4. The molecule has 0 bridgehead atoms. The summed E-state index contributed by atoms with van der Waals surface area (Å²) < 4.78 is 37.5. The SMILES string of the molecule is CCOC(=O)CCC(=O)c1ccccc1OCc1c(F)cccc1F. The Morgan fingerprint density at radius 3 is 2.32 bits per heavy atom. The molecule has 2 rings (SSSR count). The lowest BCUT2D eigenvalue weighted by Gasteiger charge is -2.12. The van der Waals surface area contributed by atoms with Crippen LogP contribution in [0.4, 0.5) is 8.78 Å². The molecule has 132 valence electrons. The highest BCUT2D eigenvalue weighted by Crippen LogP contribution is 2.23. The molecule has 0 unspecified atom stereocenters. The number of ketones is 1. The van der Waals surface area contributed by atoms with Crippen molar-refractivity contribution in [2.45, 2.75) is 26.4 Å². The third-order valence-electron chi connectivity index (χ3n) is 3.48. The summed E-state index contributed by atoms with van der Waals surface area (Å²) in [5.74, 6) is -1.99. The molecule has 0 atom stereocenters. The number of halogens is 2. The zero-order valence-electron chi connectivity index (χ0n) is 13.8. The molecule has 0 saturated heterocycles. The van der Waals surface area contributed by atoms with Crippen LogP contribution in [0.2, 0.25) is 0 Å². The van der Waals surface area contributed by atoms with Crippen LogP contribution in [0.15, 0.2) is 42.5 Å². The van der Waals surface area contributed by atoms with Crippen molar-refractivity contribution >= 4 is 11.8 Å². The second-order valence-electron chi connectivity index (χ2n) is 5.21. The van der Waals surface area contributed by atoms with Gasteiger partial charge in [-0.05, 0) is 31.2 Å². The molecule has 0 aliphatic heterocycles. The van der Waals surface area contributed by atoms with Crippen molar-refractivity contribution < 1.29 is 27.8 Å². The van der Waals surface area contributed by atoms with Gasteiger partial charge in [-0.15, -0.1) is 0 Å². The number of carbonyl (C=O) groups is 2. The second kappa shape index (κ2) is 8.92. The lowest BCUT2D eigenvalue weighted by Crippen LogP contribution is -2.10. The normalized spacial score (nSPS) is 10.4. The average molecular weight is 348 g/mol. The van der Waals surface area contributed by atoms with Crippen LogP contribution >= 0.6 is 0 Å². The molecule has 0 aliphatic carbocycles. The highest BCUT2D eigenvalue weighted by atomic mass is 19.1. The topological polar surface area (TPSA) is 52.6 Å². The van der Waals surface area contributed by atoms with E-state index in [1.807, 2.05) is 0 Å². The molecular formula is C19H18F2O4. The van der Waals surface area contributed by atoms with E-state index in [-0.39, 0.29) is 48.7 Å². The number of hydrogen-bond donors (Lipinski definition) is 0. The number of para-hydroxylation sites is 1. The Hall–Kier alpha value is -2.76. The molecule has 6 heteroatoms. The first-order chi connectivity index (χ1) is 12.0. The van der Waals surface area contributed by atoms with Crippen LogP contribution in [-0.4, -0.2) is 18.4 Å². The van der Waals surface area contributed by atoms with Crippen molar-refractivity contribution in [3.05, 3.63) is 65.2 Å². The second-order valence-corrected chi connectivity index (χ2v) is 5.21. The average Bonchev–Trinajstić information content (AvgIpc) is 2.60. The summed E-state index contributed by atoms with van der Waals surface area (Å²) in [6.45, 7) is 1.59. The van der Waals surface area contributed by atoms with Crippen molar-refractivity contribution in [3.63, 3.8) is 0 Å². The lowest BCUT2D eigenvalue weighted by atomic mass is 10.1. The predicted molar refractivity (Wildman–Crippen MR) is 87.3 cm³/mol. The van der Waals surface area contributed by atoms with Crippen molar-refractivity contribution in [1.82, 2.24) is 0 Å². The van der Waals surface area contributed by atoms with E-state index in [2.05, 4.69) is 0 Å². The van der Waals surface area contributed by atoms with E-state index in [4.69, 9.17) is 9.47 Å². The van der Waals surface area contributed by atoms with Crippen LogP contribution in [0.1, 0.15) is 35.7 Å². The van der Waals surface area contributed by atoms with Crippen LogP contribution < -0.4 is 4.74 Å². The fourth-order valence-electron chi connectivity index (χ4n) is 2.23. The van der Waals surface area contributed by atoms with Gasteiger partial charge in [-0.3, -0.25) is 9.59 Å². The minimum absolute atomic E-state index is 0.0345. The van der Waals surface area contributed by atoms with Gasteiger partial charge in [0.25, 0.3) is 0 Å². The van der Waals surface area contributed by atoms with Gasteiger partial charge in [0, 0.05) is 6.42 Å². The molecule has 2 aromatic carbocycles. The Labute approximate surface area is 144 Å². The number of rotatable bonds is 8. The number of Topliss-reactive ketones (excluding diaryl/α,β-unsaturated/α-hetero) is 1. The van der Waals surface area contributed by atoms with Crippen LogP contribution in [-0.2, 0) is 16.1 Å². The Morgan fingerprint density at radius 1 is 0.960 bits per heavy atom. The van der Waals surface area contributed by atoms with Crippen molar-refractivity contribution in [1.29, 1.82) is 0 Å². The van der Waals surface area contributed by atoms with Gasteiger partial charge in [0.1, 0.15) is 24.0 Å². The molecular weight excluding hydrogens is 330 g/mol. The summed E-state index contributed by atoms with van der Waals surface area (Å²) in [5, 5.41) is 0. The third kappa shape index (κ3) is 5.11. The van der Waals surface area contributed by atoms with Gasteiger partial charge >= 0.3 is 5.97 Å². The highest BCUT2D eigenvalue weighted by molar-refractivity contribution is 5.99. The summed E-state index contributed by atoms with van der Waals surface area (Å²) in [4.78, 5) is 23.6. The smallest absolute Gasteiger partial charge is 0.306 e. The molecule has 4 nitrogen and oxygen atoms in total. The zero-order valence-corrected chi connectivity index (χ0v) is 13.8. The van der Waals surface area contributed by atoms with Gasteiger partial charge < -0.3 is 9.47 Å². The zero-order chi connectivity index (χ0) is 18.2. The first kappa shape index (κ1) is 18.6. The monoisotopic (exact) mass is 348 g/mol. The van der Waals surface area contributed by atoms with Gasteiger partial charge in [-0.25, -0.2) is 8.78 Å². The number of benzene rings is 2. The molecule has 0 radical (unpaired) electrons. The lowest BCUT2D eigenvalue weighted by molar-refractivity contribution is -0.143. The van der Waals surface area contributed by atoms with Gasteiger partial charge in [-0.1, -0.05) is 18.2 Å². The predicted octanol–water partition coefficient (Wildman–Crippen LogP) is 4.07. The van der Waals surface area contributed by atoms with Crippen LogP contribution in [0.5, 0.6) is 5.75 Å². The summed E-state index contributed by atoms with van der Waals surface area (Å²) >= 11 is 0. The molecule has 0 N–H and O–H groups in total. The van der Waals surface area contributed by atoms with E-state index in [0.717, 1.165) is 12.1 Å². The molecule has 0 aliphatic rings. The largest absolute Gasteiger partial charge is 0.488 e. The Balaban J connectivity index is 2.07. The summed E-state index contributed by atoms with van der Waals surface area (Å²) in [6, 6.07) is 9.91. The summed E-state index contributed by atoms with van der Waals surface area (Å²) in [6.07, 6.45) is -0.0732. The Bertz CT molecular complexity index is 739. The minimum atomic E-state index is -0.717. The van der Waals surface area contributed by atoms with Crippen LogP contribution in [0, 0.1) is 11.6 Å². The van der Waals surface area contributed by atoms with Crippen LogP contribution in [0.3, 0.4) is 0 Å². The Morgan fingerprint density at radius 2 is 1.64 bits per heavy atom. The van der Waals surface area contributed by atoms with Crippen molar-refractivity contribution in [2.24, 2.45) is 0 Å². The fraction of sp³-hybridized carbons (Fsp3) is 0.263. The van der Waals surface area contributed by atoms with E-state index >= 15 is 0 Å². The number of carbonyl (C=O) groups excluding carboxylic acids is 2. The molecule has 25 heavy (non-hydrogen) atoms. The molecule has 2 aromatic rings. The maximum absolute atomic E-state index is 13.7. The molecule has 0 aromatic heterocycles. The maximum Gasteiger partial charge on any atom is 0.306 e. The van der Waals surface area contributed by atoms with Gasteiger partial charge in [-0.2, -0.15) is 0 Å². The van der Waals surface area contributed by atoms with Crippen molar-refractivity contribution in [3.8, 4) is 5.75 Å².